The van der Waals surface area contributed by atoms with E-state index in [1.54, 1.807) is 17.5 Å². The number of thiophene rings is 1. The van der Waals surface area contributed by atoms with Crippen molar-refractivity contribution >= 4 is 39.1 Å². The maximum absolute atomic E-state index is 13.6. The summed E-state index contributed by atoms with van der Waals surface area (Å²) in [6.07, 6.45) is 0. The third kappa shape index (κ3) is 3.23. The summed E-state index contributed by atoms with van der Waals surface area (Å²) in [7, 11) is 0. The van der Waals surface area contributed by atoms with Crippen LogP contribution in [-0.4, -0.2) is 17.0 Å². The summed E-state index contributed by atoms with van der Waals surface area (Å²) in [4.78, 5) is 23.7. The second-order valence-corrected chi connectivity index (χ2v) is 5.78. The van der Waals surface area contributed by atoms with E-state index in [9.17, 15) is 14.0 Å². The molecule has 0 aliphatic heterocycles. The van der Waals surface area contributed by atoms with E-state index >= 15 is 0 Å². The Labute approximate surface area is 126 Å². The molecule has 0 fully saturated rings. The van der Waals surface area contributed by atoms with E-state index in [0.29, 0.717) is 9.35 Å². The van der Waals surface area contributed by atoms with E-state index in [1.165, 1.54) is 23.5 Å². The highest BCUT2D eigenvalue weighted by Gasteiger charge is 2.24. The van der Waals surface area contributed by atoms with Crippen LogP contribution in [0.15, 0.2) is 40.2 Å². The van der Waals surface area contributed by atoms with Crippen molar-refractivity contribution in [3.8, 4) is 0 Å². The van der Waals surface area contributed by atoms with E-state index in [-0.39, 0.29) is 5.56 Å². The molecule has 0 saturated carbocycles. The van der Waals surface area contributed by atoms with Crippen LogP contribution >= 0.6 is 27.3 Å². The van der Waals surface area contributed by atoms with Gasteiger partial charge in [0.15, 0.2) is 6.04 Å². The lowest BCUT2D eigenvalue weighted by molar-refractivity contribution is -0.139. The average Bonchev–Trinajstić information content (AvgIpc) is 2.91. The first-order chi connectivity index (χ1) is 9.49. The molecule has 20 heavy (non-hydrogen) atoms. The molecule has 1 amide bonds. The molecule has 0 spiro atoms. The monoisotopic (exact) mass is 357 g/mol. The summed E-state index contributed by atoms with van der Waals surface area (Å²) in [5.74, 6) is -2.68. The molecule has 1 heterocycles. The van der Waals surface area contributed by atoms with Crippen molar-refractivity contribution < 1.29 is 19.1 Å². The Morgan fingerprint density at radius 1 is 1.35 bits per heavy atom. The standard InChI is InChI=1S/C13H9BrFNO3S/c14-7-3-4-9(15)8(6-7)12(17)16-11(13(18)19)10-2-1-5-20-10/h1-6,11H,(H,16,17)(H,18,19). The molecule has 2 aromatic rings. The molecule has 1 unspecified atom stereocenters. The largest absolute Gasteiger partial charge is 0.479 e. The molecule has 0 bridgehead atoms. The number of carbonyl (C=O) groups is 2. The van der Waals surface area contributed by atoms with Gasteiger partial charge in [-0.1, -0.05) is 22.0 Å². The fraction of sp³-hybridized carbons (Fsp3) is 0.0769. The minimum absolute atomic E-state index is 0.206. The smallest absolute Gasteiger partial charge is 0.331 e. The summed E-state index contributed by atoms with van der Waals surface area (Å²) >= 11 is 4.34. The van der Waals surface area contributed by atoms with Crippen LogP contribution in [-0.2, 0) is 4.79 Å². The molecular formula is C13H9BrFNO3S. The Kier molecular flexibility index (Phi) is 4.51. The predicted molar refractivity (Wildman–Crippen MR) is 76.3 cm³/mol. The molecule has 0 aliphatic rings. The lowest BCUT2D eigenvalue weighted by Gasteiger charge is -2.13. The Hall–Kier alpha value is -1.73. The van der Waals surface area contributed by atoms with Gasteiger partial charge in [-0.05, 0) is 29.6 Å². The molecule has 0 saturated heterocycles. The van der Waals surface area contributed by atoms with E-state index in [0.717, 1.165) is 6.07 Å². The fourth-order valence-electron chi connectivity index (χ4n) is 1.59. The number of carboxylic acids is 1. The van der Waals surface area contributed by atoms with Crippen molar-refractivity contribution in [3.05, 3.63) is 56.4 Å². The summed E-state index contributed by atoms with van der Waals surface area (Å²) in [6.45, 7) is 0. The molecule has 2 rings (SSSR count). The minimum atomic E-state index is -1.20. The van der Waals surface area contributed by atoms with Crippen LogP contribution < -0.4 is 5.32 Å². The van der Waals surface area contributed by atoms with Gasteiger partial charge in [0.25, 0.3) is 5.91 Å². The molecule has 0 aliphatic carbocycles. The summed E-state index contributed by atoms with van der Waals surface area (Å²) in [6, 6.07) is 5.99. The van der Waals surface area contributed by atoms with Crippen LogP contribution in [0.5, 0.6) is 0 Å². The van der Waals surface area contributed by atoms with Crippen molar-refractivity contribution in [2.45, 2.75) is 6.04 Å². The first-order valence-corrected chi connectivity index (χ1v) is 7.18. The highest BCUT2D eigenvalue weighted by Crippen LogP contribution is 2.21. The molecule has 1 aromatic heterocycles. The zero-order valence-corrected chi connectivity index (χ0v) is 12.4. The lowest BCUT2D eigenvalue weighted by Crippen LogP contribution is -2.33. The van der Waals surface area contributed by atoms with Crippen molar-refractivity contribution in [2.75, 3.05) is 0 Å². The third-order valence-corrected chi connectivity index (χ3v) is 3.95. The lowest BCUT2D eigenvalue weighted by atomic mass is 10.1. The first-order valence-electron chi connectivity index (χ1n) is 5.51. The van der Waals surface area contributed by atoms with E-state index < -0.39 is 23.7 Å². The number of benzene rings is 1. The SMILES string of the molecule is O=C(NC(C(=O)O)c1cccs1)c1cc(Br)ccc1F. The van der Waals surface area contributed by atoms with Gasteiger partial charge < -0.3 is 10.4 Å². The topological polar surface area (TPSA) is 66.4 Å². The van der Waals surface area contributed by atoms with Crippen molar-refractivity contribution in [3.63, 3.8) is 0 Å². The number of nitrogens with one attached hydrogen (secondary N) is 1. The van der Waals surface area contributed by atoms with Crippen molar-refractivity contribution in [1.29, 1.82) is 0 Å². The number of halogens is 2. The second kappa shape index (κ2) is 6.15. The molecule has 2 N–H and O–H groups in total. The highest BCUT2D eigenvalue weighted by molar-refractivity contribution is 9.10. The second-order valence-electron chi connectivity index (χ2n) is 3.88. The Morgan fingerprint density at radius 3 is 2.70 bits per heavy atom. The third-order valence-electron chi connectivity index (χ3n) is 2.52. The molecule has 7 heteroatoms. The van der Waals surface area contributed by atoms with Gasteiger partial charge >= 0.3 is 5.97 Å². The minimum Gasteiger partial charge on any atom is -0.479 e. The van der Waals surface area contributed by atoms with Gasteiger partial charge in [0.05, 0.1) is 5.56 Å². The maximum Gasteiger partial charge on any atom is 0.331 e. The molecule has 1 aromatic carbocycles. The van der Waals surface area contributed by atoms with Crippen LogP contribution in [0.25, 0.3) is 0 Å². The van der Waals surface area contributed by atoms with Crippen molar-refractivity contribution in [1.82, 2.24) is 5.32 Å². The van der Waals surface area contributed by atoms with Gasteiger partial charge in [-0.25, -0.2) is 9.18 Å². The number of hydrogen-bond acceptors (Lipinski definition) is 3. The molecule has 4 nitrogen and oxygen atoms in total. The van der Waals surface area contributed by atoms with Gasteiger partial charge in [-0.3, -0.25) is 4.79 Å². The predicted octanol–water partition coefficient (Wildman–Crippen LogP) is 3.21. The molecular weight excluding hydrogens is 349 g/mol. The molecule has 0 radical (unpaired) electrons. The number of carbonyl (C=O) groups excluding carboxylic acids is 1. The molecule has 1 atom stereocenters. The number of rotatable bonds is 4. The van der Waals surface area contributed by atoms with Crippen molar-refractivity contribution in [2.24, 2.45) is 0 Å². The van der Waals surface area contributed by atoms with Crippen LogP contribution in [0.2, 0.25) is 0 Å². The highest BCUT2D eigenvalue weighted by atomic mass is 79.9. The van der Waals surface area contributed by atoms with E-state index in [1.807, 2.05) is 0 Å². The Morgan fingerprint density at radius 2 is 2.10 bits per heavy atom. The zero-order valence-electron chi connectivity index (χ0n) is 9.97. The maximum atomic E-state index is 13.6. The van der Waals surface area contributed by atoms with Gasteiger partial charge in [0.2, 0.25) is 0 Å². The van der Waals surface area contributed by atoms with Crippen LogP contribution in [0.4, 0.5) is 4.39 Å². The average molecular weight is 358 g/mol. The summed E-state index contributed by atoms with van der Waals surface area (Å²) in [5.41, 5.74) is -0.206. The molecule has 104 valence electrons. The normalized spacial score (nSPS) is 11.9. The van der Waals surface area contributed by atoms with E-state index in [2.05, 4.69) is 21.2 Å². The Bertz CT molecular complexity index is 645. The summed E-state index contributed by atoms with van der Waals surface area (Å²) < 4.78 is 14.1. The number of amides is 1. The van der Waals surface area contributed by atoms with Gasteiger partial charge in [-0.15, -0.1) is 11.3 Å². The first kappa shape index (κ1) is 14.7. The van der Waals surface area contributed by atoms with Crippen LogP contribution in [0.3, 0.4) is 0 Å². The van der Waals surface area contributed by atoms with Gasteiger partial charge in [0, 0.05) is 9.35 Å². The van der Waals surface area contributed by atoms with E-state index in [4.69, 9.17) is 5.11 Å². The number of hydrogen-bond donors (Lipinski definition) is 2. The number of carboxylic acid groups (broad SMARTS) is 1. The quantitative estimate of drug-likeness (QED) is 0.882. The van der Waals surface area contributed by atoms with Crippen LogP contribution in [0.1, 0.15) is 21.3 Å². The Balaban J connectivity index is 2.25. The van der Waals surface area contributed by atoms with Gasteiger partial charge in [0.1, 0.15) is 5.82 Å². The van der Waals surface area contributed by atoms with Crippen LogP contribution in [0, 0.1) is 5.82 Å². The number of aliphatic carboxylic acids is 1. The fourth-order valence-corrected chi connectivity index (χ4v) is 2.72. The zero-order chi connectivity index (χ0) is 14.7. The summed E-state index contributed by atoms with van der Waals surface area (Å²) in [5, 5.41) is 13.2. The van der Waals surface area contributed by atoms with Gasteiger partial charge in [-0.2, -0.15) is 0 Å².